The Bertz CT molecular complexity index is 5370. The largest absolute Gasteiger partial charge is 0.384 e. The van der Waals surface area contributed by atoms with Crippen molar-refractivity contribution in [3.05, 3.63) is 216 Å². The lowest BCUT2D eigenvalue weighted by Gasteiger charge is -2.21. The lowest BCUT2D eigenvalue weighted by atomic mass is 9.87. The Hall–Kier alpha value is -9.88. The van der Waals surface area contributed by atoms with E-state index in [0.717, 1.165) is 72.6 Å². The zero-order valence-corrected chi connectivity index (χ0v) is 64.3. The molecule has 12 rings (SSSR count). The van der Waals surface area contributed by atoms with E-state index in [0.29, 0.717) is 45.9 Å². The highest BCUT2D eigenvalue weighted by molar-refractivity contribution is 8.13. The first-order chi connectivity index (χ1) is 47.3. The minimum atomic E-state index is -3.81. The Morgan fingerprint density at radius 1 is 0.373 bits per heavy atom. The van der Waals surface area contributed by atoms with Gasteiger partial charge >= 0.3 is 0 Å². The van der Waals surface area contributed by atoms with Gasteiger partial charge in [0.1, 0.15) is 34.9 Å². The van der Waals surface area contributed by atoms with Crippen LogP contribution in [0, 0.1) is 20.8 Å². The van der Waals surface area contributed by atoms with Crippen molar-refractivity contribution in [1.29, 1.82) is 0 Å². The minimum absolute atomic E-state index is 0.0224. The number of nitrogens with zero attached hydrogens (tertiary/aromatic N) is 9. The van der Waals surface area contributed by atoms with Crippen LogP contribution in [0.2, 0.25) is 0 Å². The van der Waals surface area contributed by atoms with Gasteiger partial charge in [0.2, 0.25) is 0 Å². The molecule has 102 heavy (non-hydrogen) atoms. The molecule has 21 nitrogen and oxygen atoms in total. The number of anilines is 6. The summed E-state index contributed by atoms with van der Waals surface area (Å²) in [6.07, 6.45) is 0. The highest BCUT2D eigenvalue weighted by Gasteiger charge is 2.25. The molecule has 6 heterocycles. The van der Waals surface area contributed by atoms with Gasteiger partial charge in [-0.15, -0.1) is 0 Å². The highest BCUT2D eigenvalue weighted by atomic mass is 35.7. The standard InChI is InChI=1S/C27H33N5O2S.C23H25N5O2S.C17H21N5.C10H13ClO2S/c1-18-17-25(31-35(33,34)20-13-11-19(12-14-20)26(2,3)4)32(30-18)23-10-8-9-22-21(23)15-16-24(28-22)29-27(5,6)7;1-15-14-22(27-31(29,30)17-10-8-16(9-11-17)23(2,3)4)28(26-15)20-7-5-6-19-18(20)12-13-21(24)25-19;1-11-10-15(18)22(21-11)14-7-5-6-13-12(14)8-9-16(19-13)20-17(2,3)4;1-10(2,3)8-4-6-9(7-5-8)14(11,12)13/h8-17,31H,1-7H3,(H,28,29);5-14,27H,1-4H3,(H2,24,25);5-10H,18H2,1-4H3,(H,19,20);4-7H,1-3H3. The average Bonchev–Trinajstić information content (AvgIpc) is 1.53. The Labute approximate surface area is 604 Å². The van der Waals surface area contributed by atoms with E-state index < -0.39 is 29.1 Å². The van der Waals surface area contributed by atoms with Crippen molar-refractivity contribution in [2.45, 2.75) is 167 Å². The van der Waals surface area contributed by atoms with Gasteiger partial charge in [-0.3, -0.25) is 9.44 Å². The fraction of sp³-hybridized carbons (Fsp3) is 0.299. The molecule has 0 atom stereocenters. The quantitative estimate of drug-likeness (QED) is 0.0620. The highest BCUT2D eigenvalue weighted by Crippen LogP contribution is 2.33. The zero-order valence-electron chi connectivity index (χ0n) is 61.1. The smallest absolute Gasteiger partial charge is 0.263 e. The van der Waals surface area contributed by atoms with Crippen molar-refractivity contribution < 1.29 is 25.3 Å². The molecule has 0 spiro atoms. The molecule has 0 radical (unpaired) electrons. The van der Waals surface area contributed by atoms with Crippen LogP contribution in [-0.2, 0) is 45.3 Å². The van der Waals surface area contributed by atoms with Gasteiger partial charge in [0.05, 0.1) is 65.4 Å². The van der Waals surface area contributed by atoms with Crippen LogP contribution in [0.15, 0.2) is 197 Å². The lowest BCUT2D eigenvalue weighted by Crippen LogP contribution is -2.26. The molecule has 6 aromatic carbocycles. The van der Waals surface area contributed by atoms with Crippen molar-refractivity contribution in [1.82, 2.24) is 44.3 Å². The summed E-state index contributed by atoms with van der Waals surface area (Å²) in [6.45, 7) is 36.9. The number of nitrogen functional groups attached to an aromatic ring is 2. The second-order valence-corrected chi connectivity index (χ2v) is 36.1. The molecule has 8 N–H and O–H groups in total. The maximum Gasteiger partial charge on any atom is 0.263 e. The Morgan fingerprint density at radius 2 is 0.686 bits per heavy atom. The molecule has 25 heteroatoms. The summed E-state index contributed by atoms with van der Waals surface area (Å²) in [4.78, 5) is 14.3. The van der Waals surface area contributed by atoms with Crippen LogP contribution in [-0.4, -0.2) is 80.6 Å². The molecule has 0 bridgehead atoms. The van der Waals surface area contributed by atoms with Crippen LogP contribution in [0.3, 0.4) is 0 Å². The predicted molar refractivity (Wildman–Crippen MR) is 416 cm³/mol. The molecule has 0 aliphatic rings. The first-order valence-corrected chi connectivity index (χ1v) is 38.4. The second kappa shape index (κ2) is 29.2. The molecule has 0 saturated carbocycles. The molecule has 0 fully saturated rings. The van der Waals surface area contributed by atoms with Gasteiger partial charge in [0, 0.05) is 56.1 Å². The van der Waals surface area contributed by atoms with Crippen molar-refractivity contribution in [3.63, 3.8) is 0 Å². The van der Waals surface area contributed by atoms with E-state index in [1.807, 2.05) is 130 Å². The zero-order chi connectivity index (χ0) is 74.9. The number of aromatic nitrogens is 9. The molecule has 6 aromatic heterocycles. The number of hydrogen-bond acceptors (Lipinski definition) is 16. The normalized spacial score (nSPS) is 12.4. The van der Waals surface area contributed by atoms with Crippen LogP contribution < -0.4 is 31.5 Å². The molecule has 0 aliphatic heterocycles. The Balaban J connectivity index is 0.000000166. The fourth-order valence-electron chi connectivity index (χ4n) is 10.9. The molecular weight excluding hydrogens is 1360 g/mol. The van der Waals surface area contributed by atoms with Gasteiger partial charge in [-0.1, -0.05) is 117 Å². The number of nitrogens with two attached hydrogens (primary N) is 2. The molecule has 0 amide bonds. The fourth-order valence-corrected chi connectivity index (χ4v) is 13.7. The van der Waals surface area contributed by atoms with Gasteiger partial charge in [0.25, 0.3) is 29.1 Å². The monoisotopic (exact) mass is 1450 g/mol. The van der Waals surface area contributed by atoms with Crippen LogP contribution in [0.5, 0.6) is 0 Å². The molecule has 12 aromatic rings. The molecule has 0 unspecified atom stereocenters. The van der Waals surface area contributed by atoms with Gasteiger partial charge in [0.15, 0.2) is 0 Å². The summed E-state index contributed by atoms with van der Waals surface area (Å²) in [5, 5.41) is 23.0. The van der Waals surface area contributed by atoms with E-state index >= 15 is 0 Å². The van der Waals surface area contributed by atoms with E-state index in [1.165, 1.54) is 12.1 Å². The van der Waals surface area contributed by atoms with Crippen molar-refractivity contribution >= 4 is 107 Å². The first kappa shape index (κ1) is 76.3. The van der Waals surface area contributed by atoms with Gasteiger partial charge in [-0.25, -0.2) is 54.3 Å². The SMILES string of the molecule is CC(C)(C)c1ccc(S(=O)(=O)Cl)cc1.Cc1cc(N)n(-c2cccc3nc(NC(C)(C)C)ccc23)n1.Cc1cc(NS(=O)(=O)c2ccc(C(C)(C)C)cc2)n(-c2cccc3nc(N)ccc23)n1.Cc1cc(NS(=O)(=O)c2ccc(C(C)(C)C)cc2)n(-c2cccc3nc(NC(C)(C)C)ccc23)n1. The Morgan fingerprint density at radius 3 is 1.01 bits per heavy atom. The topological polar surface area (TPSA) is 295 Å². The summed E-state index contributed by atoms with van der Waals surface area (Å²) in [6, 6.07) is 54.6. The second-order valence-electron chi connectivity index (χ2n) is 30.2. The third-order valence-corrected chi connectivity index (χ3v) is 20.0. The van der Waals surface area contributed by atoms with Crippen LogP contribution in [0.4, 0.5) is 34.9 Å². The van der Waals surface area contributed by atoms with E-state index in [4.69, 9.17) is 32.1 Å². The Kier molecular flexibility index (Phi) is 21.9. The maximum atomic E-state index is 13.2. The number of nitrogens with one attached hydrogen (secondary N) is 4. The van der Waals surface area contributed by atoms with E-state index in [9.17, 15) is 25.3 Å². The van der Waals surface area contributed by atoms with Gasteiger partial charge in [-0.2, -0.15) is 15.3 Å². The van der Waals surface area contributed by atoms with E-state index in [-0.39, 0.29) is 42.0 Å². The summed E-state index contributed by atoms with van der Waals surface area (Å²) in [5.74, 6) is 3.40. The predicted octanol–water partition coefficient (Wildman–Crippen LogP) is 16.9. The summed E-state index contributed by atoms with van der Waals surface area (Å²) in [5.41, 5.74) is 21.9. The molecule has 0 saturated heterocycles. The van der Waals surface area contributed by atoms with Crippen molar-refractivity contribution in [3.8, 4) is 17.1 Å². The molecule has 536 valence electrons. The third kappa shape index (κ3) is 19.2. The number of benzene rings is 6. The lowest BCUT2D eigenvalue weighted by molar-refractivity contribution is 0.587. The first-order valence-electron chi connectivity index (χ1n) is 33.1. The number of pyridine rings is 3. The summed E-state index contributed by atoms with van der Waals surface area (Å²) < 4.78 is 84.9. The minimum Gasteiger partial charge on any atom is -0.384 e. The van der Waals surface area contributed by atoms with Gasteiger partial charge < -0.3 is 22.1 Å². The number of rotatable bonds is 12. The van der Waals surface area contributed by atoms with E-state index in [1.54, 1.807) is 68.6 Å². The van der Waals surface area contributed by atoms with Crippen molar-refractivity contribution in [2.75, 3.05) is 31.5 Å². The number of halogens is 1. The van der Waals surface area contributed by atoms with Crippen molar-refractivity contribution in [2.24, 2.45) is 0 Å². The number of hydrogen-bond donors (Lipinski definition) is 6. The maximum absolute atomic E-state index is 13.2. The number of aryl methyl sites for hydroxylation is 3. The van der Waals surface area contributed by atoms with E-state index in [2.05, 4.69) is 150 Å². The summed E-state index contributed by atoms with van der Waals surface area (Å²) in [7, 11) is -6.00. The average molecular weight is 1460 g/mol. The molecular formula is C77H92ClN15O6S3. The van der Waals surface area contributed by atoms with Gasteiger partial charge in [-0.05, 0) is 204 Å². The summed E-state index contributed by atoms with van der Waals surface area (Å²) >= 11 is 0. The van der Waals surface area contributed by atoms with Crippen LogP contribution in [0.1, 0.15) is 138 Å². The van der Waals surface area contributed by atoms with Crippen LogP contribution in [0.25, 0.3) is 49.8 Å². The van der Waals surface area contributed by atoms with Crippen LogP contribution >= 0.6 is 10.7 Å². The third-order valence-electron chi connectivity index (χ3n) is 15.9. The number of sulfonamides is 2. The molecule has 0 aliphatic carbocycles. The number of fused-ring (bicyclic) bond motifs is 3.